The molecule has 0 spiro atoms. The highest BCUT2D eigenvalue weighted by atomic mass is 35.5. The second kappa shape index (κ2) is 5.53. The summed E-state index contributed by atoms with van der Waals surface area (Å²) < 4.78 is 0.852. The molecule has 78 valence electrons. The lowest BCUT2D eigenvalue weighted by Crippen LogP contribution is -2.20. The molecule has 7 heteroatoms. The average Bonchev–Trinajstić information content (AvgIpc) is 2.53. The summed E-state index contributed by atoms with van der Waals surface area (Å²) in [6.45, 7) is 3.64. The van der Waals surface area contributed by atoms with Crippen molar-refractivity contribution < 1.29 is 4.79 Å². The van der Waals surface area contributed by atoms with E-state index in [0.29, 0.717) is 5.13 Å². The lowest BCUT2D eigenvalue weighted by molar-refractivity contribution is -0.115. The zero-order valence-corrected chi connectivity index (χ0v) is 10.2. The maximum atomic E-state index is 11.2. The Kier molecular flexibility index (Phi) is 4.64. The summed E-state index contributed by atoms with van der Waals surface area (Å²) in [5.41, 5.74) is 0. The molecule has 1 amide bonds. The second-order valence-corrected chi connectivity index (χ2v) is 5.55. The smallest absolute Gasteiger partial charge is 0.243 e. The third-order valence-corrected chi connectivity index (χ3v) is 3.32. The van der Waals surface area contributed by atoms with E-state index in [1.807, 2.05) is 6.92 Å². The van der Waals surface area contributed by atoms with Crippen molar-refractivity contribution >= 4 is 45.7 Å². The first-order valence-electron chi connectivity index (χ1n) is 4.04. The summed E-state index contributed by atoms with van der Waals surface area (Å²) in [5.74, 6) is 0.685. The zero-order valence-electron chi connectivity index (χ0n) is 7.78. The lowest BCUT2D eigenvalue weighted by Gasteiger charge is -2.00. The van der Waals surface area contributed by atoms with Crippen LogP contribution in [0.4, 0.5) is 5.13 Å². The number of carbonyl (C=O) groups is 1. The number of hydrogen-bond donors (Lipinski definition) is 1. The Morgan fingerprint density at radius 3 is 3.00 bits per heavy atom. The van der Waals surface area contributed by atoms with Gasteiger partial charge in [0.2, 0.25) is 11.0 Å². The second-order valence-electron chi connectivity index (χ2n) is 2.41. The fourth-order valence-electron chi connectivity index (χ4n) is 0.647. The van der Waals surface area contributed by atoms with E-state index < -0.39 is 5.38 Å². The monoisotopic (exact) mass is 251 g/mol. The van der Waals surface area contributed by atoms with Crippen molar-refractivity contribution in [1.29, 1.82) is 0 Å². The third-order valence-electron chi connectivity index (χ3n) is 1.27. The number of aromatic nitrogens is 2. The molecule has 1 unspecified atom stereocenters. The highest BCUT2D eigenvalue weighted by molar-refractivity contribution is 8.01. The summed E-state index contributed by atoms with van der Waals surface area (Å²) in [6.07, 6.45) is 0. The summed E-state index contributed by atoms with van der Waals surface area (Å²) in [4.78, 5) is 11.2. The number of hydrogen-bond acceptors (Lipinski definition) is 5. The maximum Gasteiger partial charge on any atom is 0.243 e. The number of anilines is 1. The molecule has 1 N–H and O–H groups in total. The van der Waals surface area contributed by atoms with Crippen molar-refractivity contribution in [3.63, 3.8) is 0 Å². The van der Waals surface area contributed by atoms with Crippen LogP contribution in [0.1, 0.15) is 13.8 Å². The van der Waals surface area contributed by atoms with E-state index in [4.69, 9.17) is 11.6 Å². The SMILES string of the molecule is CCSc1nnc(NC(=O)C(C)Cl)s1. The molecule has 1 rings (SSSR count). The minimum Gasteiger partial charge on any atom is -0.299 e. The van der Waals surface area contributed by atoms with Gasteiger partial charge in [0.1, 0.15) is 5.38 Å². The standard InChI is InChI=1S/C7H10ClN3OS2/c1-3-13-7-11-10-6(14-7)9-5(12)4(2)8/h4H,3H2,1-2H3,(H,9,10,12). The average molecular weight is 252 g/mol. The van der Waals surface area contributed by atoms with Crippen LogP contribution in [0.2, 0.25) is 0 Å². The summed E-state index contributed by atoms with van der Waals surface area (Å²) >= 11 is 8.53. The van der Waals surface area contributed by atoms with Gasteiger partial charge in [-0.05, 0) is 12.7 Å². The van der Waals surface area contributed by atoms with Crippen LogP contribution >= 0.6 is 34.7 Å². The van der Waals surface area contributed by atoms with Crippen molar-refractivity contribution in [3.05, 3.63) is 0 Å². The van der Waals surface area contributed by atoms with Crippen LogP contribution in [-0.2, 0) is 4.79 Å². The highest BCUT2D eigenvalue weighted by Gasteiger charge is 2.12. The fourth-order valence-corrected chi connectivity index (χ4v) is 2.35. The minimum atomic E-state index is -0.554. The number of carbonyl (C=O) groups excluding carboxylic acids is 1. The Morgan fingerprint density at radius 1 is 1.71 bits per heavy atom. The topological polar surface area (TPSA) is 54.9 Å². The predicted molar refractivity (Wildman–Crippen MR) is 60.3 cm³/mol. The molecular formula is C7H10ClN3OS2. The molecule has 0 bridgehead atoms. The third kappa shape index (κ3) is 3.43. The van der Waals surface area contributed by atoms with Crippen molar-refractivity contribution in [2.45, 2.75) is 23.6 Å². The first kappa shape index (κ1) is 11.7. The van der Waals surface area contributed by atoms with Gasteiger partial charge in [0.15, 0.2) is 4.34 Å². The molecule has 0 aromatic carbocycles. The van der Waals surface area contributed by atoms with Crippen LogP contribution in [0.5, 0.6) is 0 Å². The number of nitrogens with zero attached hydrogens (tertiary/aromatic N) is 2. The fraction of sp³-hybridized carbons (Fsp3) is 0.571. The summed E-state index contributed by atoms with van der Waals surface area (Å²) in [7, 11) is 0. The number of halogens is 1. The molecular weight excluding hydrogens is 242 g/mol. The maximum absolute atomic E-state index is 11.2. The molecule has 0 aliphatic carbocycles. The first-order chi connectivity index (χ1) is 6.63. The largest absolute Gasteiger partial charge is 0.299 e. The molecule has 1 atom stereocenters. The minimum absolute atomic E-state index is 0.254. The molecule has 4 nitrogen and oxygen atoms in total. The van der Waals surface area contributed by atoms with Crippen molar-refractivity contribution in [2.24, 2.45) is 0 Å². The molecule has 0 aliphatic rings. The van der Waals surface area contributed by atoms with Crippen LogP contribution in [0.3, 0.4) is 0 Å². The van der Waals surface area contributed by atoms with Gasteiger partial charge in [-0.3, -0.25) is 10.1 Å². The number of rotatable bonds is 4. The predicted octanol–water partition coefficient (Wildman–Crippen LogP) is 2.22. The van der Waals surface area contributed by atoms with Gasteiger partial charge in [0, 0.05) is 0 Å². The van der Waals surface area contributed by atoms with Crippen molar-refractivity contribution in [2.75, 3.05) is 11.1 Å². The molecule has 14 heavy (non-hydrogen) atoms. The van der Waals surface area contributed by atoms with Gasteiger partial charge in [0.25, 0.3) is 0 Å². The van der Waals surface area contributed by atoms with Gasteiger partial charge >= 0.3 is 0 Å². The normalized spacial score (nSPS) is 12.5. The number of nitrogens with one attached hydrogen (secondary N) is 1. The van der Waals surface area contributed by atoms with Crippen LogP contribution < -0.4 is 5.32 Å². The summed E-state index contributed by atoms with van der Waals surface area (Å²) in [6, 6.07) is 0. The Morgan fingerprint density at radius 2 is 2.43 bits per heavy atom. The molecule has 1 aromatic heterocycles. The van der Waals surface area contributed by atoms with Gasteiger partial charge < -0.3 is 0 Å². The van der Waals surface area contributed by atoms with Gasteiger partial charge in [-0.1, -0.05) is 30.0 Å². The first-order valence-corrected chi connectivity index (χ1v) is 6.28. The van der Waals surface area contributed by atoms with Gasteiger partial charge in [-0.2, -0.15) is 0 Å². The molecule has 1 aromatic rings. The number of thioether (sulfide) groups is 1. The van der Waals surface area contributed by atoms with E-state index in [2.05, 4.69) is 15.5 Å². The Hall–Kier alpha value is -0.330. The van der Waals surface area contributed by atoms with Gasteiger partial charge in [0.05, 0.1) is 0 Å². The highest BCUT2D eigenvalue weighted by Crippen LogP contribution is 2.25. The van der Waals surface area contributed by atoms with Crippen LogP contribution in [-0.4, -0.2) is 27.2 Å². The molecule has 0 radical (unpaired) electrons. The number of amides is 1. The van der Waals surface area contributed by atoms with Crippen molar-refractivity contribution in [1.82, 2.24) is 10.2 Å². The number of alkyl halides is 1. The molecule has 0 saturated heterocycles. The molecule has 0 fully saturated rings. The lowest BCUT2D eigenvalue weighted by atomic mass is 10.4. The van der Waals surface area contributed by atoms with Gasteiger partial charge in [-0.25, -0.2) is 0 Å². The quantitative estimate of drug-likeness (QED) is 0.507. The Bertz CT molecular complexity index is 316. The van der Waals surface area contributed by atoms with Crippen LogP contribution in [0.25, 0.3) is 0 Å². The van der Waals surface area contributed by atoms with Crippen LogP contribution in [0.15, 0.2) is 4.34 Å². The molecule has 1 heterocycles. The van der Waals surface area contributed by atoms with E-state index in [-0.39, 0.29) is 5.91 Å². The van der Waals surface area contributed by atoms with Crippen LogP contribution in [0, 0.1) is 0 Å². The van der Waals surface area contributed by atoms with E-state index in [9.17, 15) is 4.79 Å². The van der Waals surface area contributed by atoms with E-state index in [1.165, 1.54) is 11.3 Å². The van der Waals surface area contributed by atoms with E-state index >= 15 is 0 Å². The molecule has 0 aliphatic heterocycles. The molecule has 0 saturated carbocycles. The Balaban J connectivity index is 2.55. The van der Waals surface area contributed by atoms with Crippen molar-refractivity contribution in [3.8, 4) is 0 Å². The Labute approximate surface area is 95.4 Å². The van der Waals surface area contributed by atoms with E-state index in [0.717, 1.165) is 10.1 Å². The zero-order chi connectivity index (χ0) is 10.6. The van der Waals surface area contributed by atoms with E-state index in [1.54, 1.807) is 18.7 Å². The summed E-state index contributed by atoms with van der Waals surface area (Å²) in [5, 5.41) is 10.2. The van der Waals surface area contributed by atoms with Gasteiger partial charge in [-0.15, -0.1) is 21.8 Å².